The molecule has 4 N–H and O–H groups in total. The maximum atomic E-state index is 5.78. The van der Waals surface area contributed by atoms with Gasteiger partial charge in [0.25, 0.3) is 0 Å². The molecule has 1 heterocycles. The first-order valence-electron chi connectivity index (χ1n) is 4.21. The third-order valence-corrected chi connectivity index (χ3v) is 1.88. The Hall–Kier alpha value is -2.10. The number of anilines is 2. The molecule has 0 aliphatic rings. The van der Waals surface area contributed by atoms with E-state index in [1.165, 1.54) is 0 Å². The average Bonchev–Trinajstić information content (AvgIpc) is 2.18. The van der Waals surface area contributed by atoms with Crippen molar-refractivity contribution in [3.63, 3.8) is 0 Å². The lowest BCUT2D eigenvalue weighted by atomic mass is 10.1. The first kappa shape index (κ1) is 8.50. The van der Waals surface area contributed by atoms with Crippen LogP contribution < -0.4 is 11.5 Å². The Bertz CT molecular complexity index is 453. The topological polar surface area (TPSA) is 77.8 Å². The largest absolute Gasteiger partial charge is 0.398 e. The summed E-state index contributed by atoms with van der Waals surface area (Å²) in [6.45, 7) is 0. The molecule has 0 saturated heterocycles. The highest BCUT2D eigenvalue weighted by Crippen LogP contribution is 2.21. The van der Waals surface area contributed by atoms with Gasteiger partial charge in [0.1, 0.15) is 5.82 Å². The zero-order valence-electron chi connectivity index (χ0n) is 7.51. The van der Waals surface area contributed by atoms with Crippen molar-refractivity contribution in [2.75, 3.05) is 11.5 Å². The van der Waals surface area contributed by atoms with Crippen molar-refractivity contribution in [1.29, 1.82) is 0 Å². The van der Waals surface area contributed by atoms with Crippen LogP contribution in [0.15, 0.2) is 36.5 Å². The standard InChI is InChI=1S/C10H10N4/c11-8-4-2-1-3-7(8)10-13-6-5-9(12)14-10/h1-6H,11H2,(H2,12,13,14). The fourth-order valence-corrected chi connectivity index (χ4v) is 1.20. The molecular weight excluding hydrogens is 176 g/mol. The van der Waals surface area contributed by atoms with Crippen LogP contribution in [-0.2, 0) is 0 Å². The molecule has 70 valence electrons. The van der Waals surface area contributed by atoms with Gasteiger partial charge in [-0.15, -0.1) is 0 Å². The van der Waals surface area contributed by atoms with Crippen molar-refractivity contribution in [1.82, 2.24) is 9.97 Å². The van der Waals surface area contributed by atoms with Gasteiger partial charge in [0.15, 0.2) is 5.82 Å². The van der Waals surface area contributed by atoms with Crippen molar-refractivity contribution in [3.05, 3.63) is 36.5 Å². The summed E-state index contributed by atoms with van der Waals surface area (Å²) in [6, 6.07) is 9.07. The molecule has 0 radical (unpaired) electrons. The third kappa shape index (κ3) is 1.50. The Kier molecular flexibility index (Phi) is 2.02. The van der Waals surface area contributed by atoms with E-state index in [0.29, 0.717) is 17.3 Å². The van der Waals surface area contributed by atoms with E-state index in [1.807, 2.05) is 24.3 Å². The van der Waals surface area contributed by atoms with E-state index in [1.54, 1.807) is 12.3 Å². The van der Waals surface area contributed by atoms with Gasteiger partial charge in [0.05, 0.1) is 0 Å². The second-order valence-electron chi connectivity index (χ2n) is 2.89. The lowest BCUT2D eigenvalue weighted by Gasteiger charge is -2.03. The molecule has 2 rings (SSSR count). The van der Waals surface area contributed by atoms with Crippen LogP contribution in [0.1, 0.15) is 0 Å². The van der Waals surface area contributed by atoms with E-state index in [2.05, 4.69) is 9.97 Å². The molecule has 14 heavy (non-hydrogen) atoms. The highest BCUT2D eigenvalue weighted by Gasteiger charge is 2.03. The number of para-hydroxylation sites is 1. The van der Waals surface area contributed by atoms with Crippen molar-refractivity contribution < 1.29 is 0 Å². The minimum Gasteiger partial charge on any atom is -0.398 e. The zero-order chi connectivity index (χ0) is 9.97. The van der Waals surface area contributed by atoms with Gasteiger partial charge >= 0.3 is 0 Å². The van der Waals surface area contributed by atoms with Crippen molar-refractivity contribution >= 4 is 11.5 Å². The Morgan fingerprint density at radius 3 is 2.50 bits per heavy atom. The maximum Gasteiger partial charge on any atom is 0.163 e. The van der Waals surface area contributed by atoms with Crippen molar-refractivity contribution in [3.8, 4) is 11.4 Å². The molecule has 1 aromatic heterocycles. The summed E-state index contributed by atoms with van der Waals surface area (Å²) >= 11 is 0. The Balaban J connectivity index is 2.55. The molecule has 4 nitrogen and oxygen atoms in total. The van der Waals surface area contributed by atoms with Crippen LogP contribution in [-0.4, -0.2) is 9.97 Å². The zero-order valence-corrected chi connectivity index (χ0v) is 7.51. The molecule has 0 aliphatic heterocycles. The first-order valence-corrected chi connectivity index (χ1v) is 4.21. The van der Waals surface area contributed by atoms with Crippen LogP contribution >= 0.6 is 0 Å². The smallest absolute Gasteiger partial charge is 0.163 e. The highest BCUT2D eigenvalue weighted by molar-refractivity contribution is 5.71. The molecule has 0 bridgehead atoms. The van der Waals surface area contributed by atoms with Gasteiger partial charge < -0.3 is 11.5 Å². The van der Waals surface area contributed by atoms with Gasteiger partial charge in [0, 0.05) is 17.4 Å². The maximum absolute atomic E-state index is 5.78. The number of hydrogen-bond acceptors (Lipinski definition) is 4. The molecule has 0 amide bonds. The third-order valence-electron chi connectivity index (χ3n) is 1.88. The van der Waals surface area contributed by atoms with E-state index in [-0.39, 0.29) is 0 Å². The van der Waals surface area contributed by atoms with Crippen LogP contribution in [0.5, 0.6) is 0 Å². The van der Waals surface area contributed by atoms with Crippen molar-refractivity contribution in [2.24, 2.45) is 0 Å². The number of aromatic nitrogens is 2. The lowest BCUT2D eigenvalue weighted by molar-refractivity contribution is 1.19. The summed E-state index contributed by atoms with van der Waals surface area (Å²) < 4.78 is 0. The molecule has 0 atom stereocenters. The van der Waals surface area contributed by atoms with Gasteiger partial charge in [-0.2, -0.15) is 0 Å². The molecule has 2 aromatic rings. The number of nitrogen functional groups attached to an aromatic ring is 2. The van der Waals surface area contributed by atoms with Crippen LogP contribution in [0.3, 0.4) is 0 Å². The fraction of sp³-hybridized carbons (Fsp3) is 0. The molecule has 0 unspecified atom stereocenters. The number of hydrogen-bond donors (Lipinski definition) is 2. The van der Waals surface area contributed by atoms with E-state index in [9.17, 15) is 0 Å². The molecule has 4 heteroatoms. The summed E-state index contributed by atoms with van der Waals surface area (Å²) in [5, 5.41) is 0. The SMILES string of the molecule is Nc1ccnc(-c2ccccc2N)n1. The normalized spacial score (nSPS) is 10.0. The molecule has 0 spiro atoms. The summed E-state index contributed by atoms with van der Waals surface area (Å²) in [6.07, 6.45) is 1.62. The van der Waals surface area contributed by atoms with Gasteiger partial charge in [-0.3, -0.25) is 0 Å². The van der Waals surface area contributed by atoms with Crippen LogP contribution in [0.25, 0.3) is 11.4 Å². The minimum absolute atomic E-state index is 0.443. The lowest BCUT2D eigenvalue weighted by Crippen LogP contribution is -1.97. The van der Waals surface area contributed by atoms with Crippen LogP contribution in [0.2, 0.25) is 0 Å². The Morgan fingerprint density at radius 2 is 1.79 bits per heavy atom. The number of nitrogens with zero attached hydrogens (tertiary/aromatic N) is 2. The van der Waals surface area contributed by atoms with Gasteiger partial charge in [0.2, 0.25) is 0 Å². The van der Waals surface area contributed by atoms with E-state index in [4.69, 9.17) is 11.5 Å². The van der Waals surface area contributed by atoms with E-state index >= 15 is 0 Å². The number of benzene rings is 1. The molecule has 0 saturated carbocycles. The molecule has 0 fully saturated rings. The second-order valence-corrected chi connectivity index (χ2v) is 2.89. The van der Waals surface area contributed by atoms with E-state index < -0.39 is 0 Å². The second kappa shape index (κ2) is 3.33. The molecule has 0 aliphatic carbocycles. The summed E-state index contributed by atoms with van der Waals surface area (Å²) in [5.41, 5.74) is 12.8. The summed E-state index contributed by atoms with van der Waals surface area (Å²) in [4.78, 5) is 8.19. The van der Waals surface area contributed by atoms with E-state index in [0.717, 1.165) is 5.56 Å². The van der Waals surface area contributed by atoms with Crippen LogP contribution in [0.4, 0.5) is 11.5 Å². The predicted octanol–water partition coefficient (Wildman–Crippen LogP) is 1.31. The Morgan fingerprint density at radius 1 is 1.00 bits per heavy atom. The highest BCUT2D eigenvalue weighted by atomic mass is 14.9. The minimum atomic E-state index is 0.443. The molecule has 1 aromatic carbocycles. The van der Waals surface area contributed by atoms with Gasteiger partial charge in [-0.05, 0) is 18.2 Å². The quantitative estimate of drug-likeness (QED) is 0.658. The van der Waals surface area contributed by atoms with Crippen LogP contribution in [0, 0.1) is 0 Å². The Labute approximate surface area is 81.6 Å². The number of rotatable bonds is 1. The van der Waals surface area contributed by atoms with Gasteiger partial charge in [-0.25, -0.2) is 9.97 Å². The fourth-order valence-electron chi connectivity index (χ4n) is 1.20. The molecular formula is C10H10N4. The average molecular weight is 186 g/mol. The summed E-state index contributed by atoms with van der Waals surface area (Å²) in [5.74, 6) is 1.00. The summed E-state index contributed by atoms with van der Waals surface area (Å²) in [7, 11) is 0. The number of nitrogens with two attached hydrogens (primary N) is 2. The van der Waals surface area contributed by atoms with Crippen molar-refractivity contribution in [2.45, 2.75) is 0 Å². The van der Waals surface area contributed by atoms with Gasteiger partial charge in [-0.1, -0.05) is 12.1 Å². The first-order chi connectivity index (χ1) is 6.77. The predicted molar refractivity (Wildman–Crippen MR) is 56.3 cm³/mol. The monoisotopic (exact) mass is 186 g/mol.